The van der Waals surface area contributed by atoms with Gasteiger partial charge < -0.3 is 14.5 Å². The highest BCUT2D eigenvalue weighted by Crippen LogP contribution is 2.18. The lowest BCUT2D eigenvalue weighted by molar-refractivity contribution is -0.126. The van der Waals surface area contributed by atoms with E-state index in [1.807, 2.05) is 23.1 Å². The van der Waals surface area contributed by atoms with Crippen molar-refractivity contribution in [1.29, 1.82) is 0 Å². The Bertz CT molecular complexity index is 1010. The van der Waals surface area contributed by atoms with Crippen LogP contribution in [0.2, 0.25) is 0 Å². The third-order valence-corrected chi connectivity index (χ3v) is 7.38. The van der Waals surface area contributed by atoms with Crippen molar-refractivity contribution in [2.45, 2.75) is 4.90 Å². The number of carbonyl (C=O) groups excluding carboxylic acids is 1. The van der Waals surface area contributed by atoms with Crippen LogP contribution in [0.25, 0.3) is 6.08 Å². The van der Waals surface area contributed by atoms with Crippen molar-refractivity contribution in [2.24, 2.45) is 0 Å². The molecule has 0 aliphatic carbocycles. The van der Waals surface area contributed by atoms with Gasteiger partial charge in [-0.3, -0.25) is 4.79 Å². The predicted octanol–water partition coefficient (Wildman–Crippen LogP) is 1.46. The molecule has 2 fully saturated rings. The van der Waals surface area contributed by atoms with Crippen LogP contribution in [0.3, 0.4) is 0 Å². The Hall–Kier alpha value is -2.75. The fraction of sp³-hybridized carbons (Fsp3) is 0.364. The zero-order chi connectivity index (χ0) is 21.7. The van der Waals surface area contributed by atoms with Crippen LogP contribution in [0.4, 0.5) is 5.82 Å². The second-order valence-corrected chi connectivity index (χ2v) is 9.36. The number of hydrogen-bond donors (Lipinski definition) is 0. The van der Waals surface area contributed by atoms with Gasteiger partial charge in [-0.2, -0.15) is 4.31 Å². The number of piperazine rings is 1. The molecule has 0 atom stereocenters. The Balaban J connectivity index is 1.33. The molecule has 0 N–H and O–H groups in total. The third-order valence-electron chi connectivity index (χ3n) is 5.47. The molecule has 2 aliphatic heterocycles. The van der Waals surface area contributed by atoms with Crippen molar-refractivity contribution in [3.8, 4) is 0 Å². The Morgan fingerprint density at radius 3 is 2.29 bits per heavy atom. The van der Waals surface area contributed by atoms with Crippen LogP contribution in [0.1, 0.15) is 5.56 Å². The van der Waals surface area contributed by atoms with Gasteiger partial charge in [0.05, 0.1) is 18.1 Å². The second-order valence-electron chi connectivity index (χ2n) is 7.42. The molecule has 0 unspecified atom stereocenters. The van der Waals surface area contributed by atoms with E-state index in [0.29, 0.717) is 39.4 Å². The van der Waals surface area contributed by atoms with Crippen molar-refractivity contribution in [2.75, 3.05) is 57.4 Å². The minimum atomic E-state index is -3.51. The molecule has 8 nitrogen and oxygen atoms in total. The molecular formula is C22H26N4O4S. The van der Waals surface area contributed by atoms with Gasteiger partial charge >= 0.3 is 0 Å². The molecule has 3 heterocycles. The van der Waals surface area contributed by atoms with E-state index in [1.54, 1.807) is 42.6 Å². The van der Waals surface area contributed by atoms with Crippen molar-refractivity contribution < 1.29 is 17.9 Å². The summed E-state index contributed by atoms with van der Waals surface area (Å²) in [6.07, 6.45) is 5.04. The van der Waals surface area contributed by atoms with Crippen LogP contribution >= 0.6 is 0 Å². The van der Waals surface area contributed by atoms with Crippen molar-refractivity contribution in [3.63, 3.8) is 0 Å². The summed E-state index contributed by atoms with van der Waals surface area (Å²) in [6.45, 7) is 4.32. The molecule has 31 heavy (non-hydrogen) atoms. The Labute approximate surface area is 182 Å². The fourth-order valence-electron chi connectivity index (χ4n) is 3.66. The van der Waals surface area contributed by atoms with Crippen molar-refractivity contribution in [3.05, 3.63) is 60.3 Å². The van der Waals surface area contributed by atoms with E-state index in [1.165, 1.54) is 4.31 Å². The molecule has 0 spiro atoms. The van der Waals surface area contributed by atoms with Crippen LogP contribution in [-0.2, 0) is 19.6 Å². The summed E-state index contributed by atoms with van der Waals surface area (Å²) in [5.74, 6) is 0.878. The standard InChI is InChI=1S/C22H26N4O4S/c27-22(25-13-11-24(12-14-25)21-3-1-2-10-23-21)9-6-19-4-7-20(8-5-19)31(28,29)26-15-17-30-18-16-26/h1-10H,11-18H2. The maximum Gasteiger partial charge on any atom is 0.246 e. The van der Waals surface area contributed by atoms with Gasteiger partial charge in [0.15, 0.2) is 0 Å². The lowest BCUT2D eigenvalue weighted by Crippen LogP contribution is -2.48. The van der Waals surface area contributed by atoms with Gasteiger partial charge in [-0.05, 0) is 35.9 Å². The summed E-state index contributed by atoms with van der Waals surface area (Å²) in [4.78, 5) is 21.1. The van der Waals surface area contributed by atoms with E-state index in [0.717, 1.165) is 24.5 Å². The molecule has 164 valence electrons. The number of aromatic nitrogens is 1. The normalized spacial score (nSPS) is 18.5. The first-order chi connectivity index (χ1) is 15.0. The number of hydrogen-bond acceptors (Lipinski definition) is 6. The quantitative estimate of drug-likeness (QED) is 0.652. The minimum absolute atomic E-state index is 0.0503. The number of rotatable bonds is 5. The van der Waals surface area contributed by atoms with E-state index in [9.17, 15) is 13.2 Å². The average Bonchev–Trinajstić information content (AvgIpc) is 2.84. The Kier molecular flexibility index (Phi) is 6.64. The van der Waals surface area contributed by atoms with Gasteiger partial charge in [0, 0.05) is 51.5 Å². The largest absolute Gasteiger partial charge is 0.379 e. The molecule has 0 bridgehead atoms. The SMILES string of the molecule is O=C(C=Cc1ccc(S(=O)(=O)N2CCOCC2)cc1)N1CCN(c2ccccn2)CC1. The molecule has 4 rings (SSSR count). The maximum atomic E-state index is 12.7. The molecular weight excluding hydrogens is 416 g/mol. The smallest absolute Gasteiger partial charge is 0.246 e. The van der Waals surface area contributed by atoms with Gasteiger partial charge in [-0.1, -0.05) is 18.2 Å². The number of carbonyl (C=O) groups is 1. The highest BCUT2D eigenvalue weighted by atomic mass is 32.2. The first kappa shape index (κ1) is 21.5. The first-order valence-electron chi connectivity index (χ1n) is 10.3. The highest BCUT2D eigenvalue weighted by molar-refractivity contribution is 7.89. The lowest BCUT2D eigenvalue weighted by Gasteiger charge is -2.34. The van der Waals surface area contributed by atoms with Gasteiger partial charge in [-0.25, -0.2) is 13.4 Å². The Morgan fingerprint density at radius 2 is 1.65 bits per heavy atom. The minimum Gasteiger partial charge on any atom is -0.379 e. The van der Waals surface area contributed by atoms with Crippen molar-refractivity contribution >= 4 is 27.8 Å². The summed E-state index contributed by atoms with van der Waals surface area (Å²) in [6, 6.07) is 12.4. The van der Waals surface area contributed by atoms with E-state index in [4.69, 9.17) is 4.74 Å². The first-order valence-corrected chi connectivity index (χ1v) is 11.8. The summed E-state index contributed by atoms with van der Waals surface area (Å²) >= 11 is 0. The second kappa shape index (κ2) is 9.59. The summed E-state index contributed by atoms with van der Waals surface area (Å²) in [5.41, 5.74) is 0.779. The summed E-state index contributed by atoms with van der Waals surface area (Å²) in [7, 11) is -3.51. The predicted molar refractivity (Wildman–Crippen MR) is 118 cm³/mol. The zero-order valence-electron chi connectivity index (χ0n) is 17.3. The molecule has 1 amide bonds. The van der Waals surface area contributed by atoms with Gasteiger partial charge in [0.1, 0.15) is 5.82 Å². The van der Waals surface area contributed by atoms with Gasteiger partial charge in [0.2, 0.25) is 15.9 Å². The summed E-state index contributed by atoms with van der Waals surface area (Å²) in [5, 5.41) is 0. The molecule has 2 saturated heterocycles. The number of pyridine rings is 1. The Morgan fingerprint density at radius 1 is 0.935 bits per heavy atom. The molecule has 2 aliphatic rings. The van der Waals surface area contributed by atoms with Gasteiger partial charge in [0.25, 0.3) is 0 Å². The number of sulfonamides is 1. The number of nitrogens with zero attached hydrogens (tertiary/aromatic N) is 4. The number of anilines is 1. The van der Waals surface area contributed by atoms with E-state index in [-0.39, 0.29) is 10.8 Å². The molecule has 0 saturated carbocycles. The molecule has 2 aromatic rings. The van der Waals surface area contributed by atoms with Crippen LogP contribution in [0.15, 0.2) is 59.6 Å². The van der Waals surface area contributed by atoms with Crippen LogP contribution in [0, 0.1) is 0 Å². The van der Waals surface area contributed by atoms with Crippen LogP contribution < -0.4 is 4.90 Å². The number of benzene rings is 1. The number of ether oxygens (including phenoxy) is 1. The van der Waals surface area contributed by atoms with Crippen LogP contribution in [0.5, 0.6) is 0 Å². The van der Waals surface area contributed by atoms with E-state index >= 15 is 0 Å². The molecule has 9 heteroatoms. The number of amides is 1. The zero-order valence-corrected chi connectivity index (χ0v) is 18.1. The highest BCUT2D eigenvalue weighted by Gasteiger charge is 2.26. The van der Waals surface area contributed by atoms with Crippen molar-refractivity contribution in [1.82, 2.24) is 14.2 Å². The third kappa shape index (κ3) is 5.12. The topological polar surface area (TPSA) is 83.0 Å². The maximum absolute atomic E-state index is 12.7. The van der Waals surface area contributed by atoms with E-state index in [2.05, 4.69) is 9.88 Å². The molecule has 1 aromatic heterocycles. The van der Waals surface area contributed by atoms with Gasteiger partial charge in [-0.15, -0.1) is 0 Å². The van der Waals surface area contributed by atoms with Crippen LogP contribution in [-0.4, -0.2) is 81.0 Å². The van der Waals surface area contributed by atoms with E-state index < -0.39 is 10.0 Å². The monoisotopic (exact) mass is 442 g/mol. The summed E-state index contributed by atoms with van der Waals surface area (Å²) < 4.78 is 32.0. The number of morpholine rings is 1. The average molecular weight is 443 g/mol. The molecule has 1 aromatic carbocycles. The molecule has 0 radical (unpaired) electrons. The fourth-order valence-corrected chi connectivity index (χ4v) is 5.06. The lowest BCUT2D eigenvalue weighted by atomic mass is 10.2.